The minimum atomic E-state index is -4.64. The van der Waals surface area contributed by atoms with Gasteiger partial charge in [0, 0.05) is 12.8 Å². The number of likely N-dealkylation sites (N-methyl/N-ethyl adjacent to an activating group) is 1. The van der Waals surface area contributed by atoms with Crippen LogP contribution in [-0.2, 0) is 32.7 Å². The van der Waals surface area contributed by atoms with E-state index in [4.69, 9.17) is 18.5 Å². The summed E-state index contributed by atoms with van der Waals surface area (Å²) in [6.45, 7) is 4.13. The summed E-state index contributed by atoms with van der Waals surface area (Å²) in [6.07, 6.45) is 72.0. The molecule has 0 heterocycles. The third-order valence-corrected chi connectivity index (χ3v) is 15.1. The van der Waals surface area contributed by atoms with Crippen LogP contribution in [0.2, 0.25) is 0 Å². The summed E-state index contributed by atoms with van der Waals surface area (Å²) in [6, 6.07) is 0. The molecule has 0 rings (SSSR count). The maximum atomic E-state index is 12.8. The van der Waals surface area contributed by atoms with E-state index in [1.807, 2.05) is 21.1 Å². The Morgan fingerprint density at radius 1 is 0.427 bits per heavy atom. The van der Waals surface area contributed by atoms with Crippen LogP contribution in [0.3, 0.4) is 0 Å². The Morgan fingerprint density at radius 3 is 1.13 bits per heavy atom. The number of quaternary nitrogens is 1. The first-order valence-electron chi connectivity index (χ1n) is 31.8. The number of hydrogen-bond acceptors (Lipinski definition) is 8. The minimum Gasteiger partial charge on any atom is -0.756 e. The van der Waals surface area contributed by atoms with Gasteiger partial charge in [0.05, 0.1) is 27.7 Å². The second kappa shape index (κ2) is 56.7. The SMILES string of the molecule is CC/C=C\C/C=C\C/C=C\C/C=C\CCCCCCC(=O)OC(COC(=O)CCCCCCCCCCCCCCCCCCCCCCCCCCCCCCCCCCCC)COP(=O)([O-])OCC[N+](C)(C)C. The smallest absolute Gasteiger partial charge is 0.306 e. The molecule has 2 atom stereocenters. The maximum absolute atomic E-state index is 12.8. The summed E-state index contributed by atoms with van der Waals surface area (Å²) < 4.78 is 34.1. The van der Waals surface area contributed by atoms with E-state index in [-0.39, 0.29) is 32.0 Å². The molecule has 0 bridgehead atoms. The quantitative estimate of drug-likeness (QED) is 0.0195. The molecule has 0 radical (unpaired) electrons. The predicted molar refractivity (Wildman–Crippen MR) is 319 cm³/mol. The lowest BCUT2D eigenvalue weighted by Gasteiger charge is -2.28. The number of carbonyl (C=O) groups is 2. The summed E-state index contributed by atoms with van der Waals surface area (Å²) in [5.41, 5.74) is 0. The number of rotatable bonds is 59. The van der Waals surface area contributed by atoms with E-state index in [1.165, 1.54) is 199 Å². The van der Waals surface area contributed by atoms with Crippen LogP contribution < -0.4 is 4.89 Å². The first-order chi connectivity index (χ1) is 36.5. The van der Waals surface area contributed by atoms with E-state index in [0.29, 0.717) is 17.4 Å². The van der Waals surface area contributed by atoms with Gasteiger partial charge in [0.25, 0.3) is 7.82 Å². The Hall–Kier alpha value is -2.03. The van der Waals surface area contributed by atoms with Crippen molar-refractivity contribution in [3.05, 3.63) is 48.6 Å². The third kappa shape index (κ3) is 61.1. The van der Waals surface area contributed by atoms with Gasteiger partial charge in [0.1, 0.15) is 19.8 Å². The molecule has 0 aliphatic carbocycles. The van der Waals surface area contributed by atoms with Crippen molar-refractivity contribution in [3.63, 3.8) is 0 Å². The highest BCUT2D eigenvalue weighted by atomic mass is 31.2. The molecule has 9 nitrogen and oxygen atoms in total. The van der Waals surface area contributed by atoms with Crippen molar-refractivity contribution in [1.29, 1.82) is 0 Å². The molecular weight excluding hydrogens is 954 g/mol. The van der Waals surface area contributed by atoms with E-state index >= 15 is 0 Å². The number of carbonyl (C=O) groups excluding carboxylic acids is 2. The number of unbranched alkanes of at least 4 members (excludes halogenated alkanes) is 37. The number of phosphoric ester groups is 1. The van der Waals surface area contributed by atoms with Gasteiger partial charge in [-0.15, -0.1) is 0 Å². The Kier molecular flexibility index (Phi) is 55.1. The molecule has 0 amide bonds. The van der Waals surface area contributed by atoms with Crippen LogP contribution in [0.25, 0.3) is 0 Å². The second-order valence-corrected chi connectivity index (χ2v) is 24.2. The van der Waals surface area contributed by atoms with Crippen molar-refractivity contribution >= 4 is 19.8 Å². The van der Waals surface area contributed by atoms with Crippen molar-refractivity contribution in [2.75, 3.05) is 47.5 Å². The highest BCUT2D eigenvalue weighted by Crippen LogP contribution is 2.38. The molecule has 75 heavy (non-hydrogen) atoms. The zero-order chi connectivity index (χ0) is 54.9. The lowest BCUT2D eigenvalue weighted by molar-refractivity contribution is -0.870. The summed E-state index contributed by atoms with van der Waals surface area (Å²) >= 11 is 0. The molecular formula is C65H122NO8P. The van der Waals surface area contributed by atoms with Gasteiger partial charge in [-0.25, -0.2) is 0 Å². The van der Waals surface area contributed by atoms with Gasteiger partial charge < -0.3 is 27.9 Å². The van der Waals surface area contributed by atoms with Crippen LogP contribution in [0.5, 0.6) is 0 Å². The molecule has 0 aromatic carbocycles. The highest BCUT2D eigenvalue weighted by molar-refractivity contribution is 7.45. The summed E-state index contributed by atoms with van der Waals surface area (Å²) in [4.78, 5) is 37.9. The summed E-state index contributed by atoms with van der Waals surface area (Å²) in [5, 5.41) is 0. The third-order valence-electron chi connectivity index (χ3n) is 14.1. The molecule has 10 heteroatoms. The normalized spacial score (nSPS) is 13.5. The van der Waals surface area contributed by atoms with Crippen molar-refractivity contribution in [2.45, 2.75) is 309 Å². The van der Waals surface area contributed by atoms with Gasteiger partial charge in [0.2, 0.25) is 0 Å². The van der Waals surface area contributed by atoms with Crippen LogP contribution in [-0.4, -0.2) is 70.0 Å². The molecule has 0 spiro atoms. The fraction of sp³-hybridized carbons (Fsp3) is 0.846. The van der Waals surface area contributed by atoms with Crippen LogP contribution in [0.4, 0.5) is 0 Å². The topological polar surface area (TPSA) is 111 Å². The second-order valence-electron chi connectivity index (χ2n) is 22.8. The molecule has 0 aliphatic rings. The lowest BCUT2D eigenvalue weighted by Crippen LogP contribution is -2.37. The van der Waals surface area contributed by atoms with Gasteiger partial charge in [-0.2, -0.15) is 0 Å². The van der Waals surface area contributed by atoms with Crippen LogP contribution in [0.15, 0.2) is 48.6 Å². The van der Waals surface area contributed by atoms with Gasteiger partial charge in [-0.05, 0) is 51.4 Å². The first kappa shape index (κ1) is 73.0. The number of phosphoric acid groups is 1. The van der Waals surface area contributed by atoms with E-state index in [9.17, 15) is 19.0 Å². The molecule has 2 unspecified atom stereocenters. The highest BCUT2D eigenvalue weighted by Gasteiger charge is 2.22. The lowest BCUT2D eigenvalue weighted by atomic mass is 10.0. The van der Waals surface area contributed by atoms with Crippen molar-refractivity contribution < 1.29 is 42.1 Å². The van der Waals surface area contributed by atoms with Crippen molar-refractivity contribution in [2.24, 2.45) is 0 Å². The molecule has 440 valence electrons. The zero-order valence-electron chi connectivity index (χ0n) is 50.0. The van der Waals surface area contributed by atoms with E-state index < -0.39 is 26.5 Å². The van der Waals surface area contributed by atoms with Crippen molar-refractivity contribution in [3.8, 4) is 0 Å². The largest absolute Gasteiger partial charge is 0.756 e. The predicted octanol–water partition coefficient (Wildman–Crippen LogP) is 19.5. The van der Waals surface area contributed by atoms with Gasteiger partial charge in [0.15, 0.2) is 6.10 Å². The Morgan fingerprint density at radius 2 is 0.760 bits per heavy atom. The van der Waals surface area contributed by atoms with E-state index in [2.05, 4.69) is 62.5 Å². The first-order valence-corrected chi connectivity index (χ1v) is 33.3. The molecule has 0 aromatic rings. The molecule has 0 saturated heterocycles. The fourth-order valence-electron chi connectivity index (χ4n) is 9.24. The average molecular weight is 1080 g/mol. The number of allylic oxidation sites excluding steroid dienone is 8. The molecule has 0 aliphatic heterocycles. The van der Waals surface area contributed by atoms with Crippen molar-refractivity contribution in [1.82, 2.24) is 0 Å². The van der Waals surface area contributed by atoms with Crippen LogP contribution in [0.1, 0.15) is 303 Å². The van der Waals surface area contributed by atoms with Gasteiger partial charge in [-0.3, -0.25) is 14.2 Å². The standard InChI is InChI=1S/C65H122NO8P/c1-6-8-10-12-14-16-18-20-22-24-25-26-27-28-29-30-31-32-33-34-35-36-37-38-39-40-42-43-45-47-49-51-53-55-57-64(67)71-61-63(62-73-75(69,70)72-60-59-66(3,4)5)74-65(68)58-56-54-52-50-48-46-44-41-23-21-19-17-15-13-11-9-7-2/h9,11,15,17,21,23,44,46,63H,6-8,10,12-14,16,18-20,22,24-43,45,47-62H2,1-5H3/b11-9-,17-15-,23-21-,46-44-. The van der Waals surface area contributed by atoms with E-state index in [0.717, 1.165) is 70.6 Å². The minimum absolute atomic E-state index is 0.0360. The monoisotopic (exact) mass is 1080 g/mol. The fourth-order valence-corrected chi connectivity index (χ4v) is 9.97. The summed E-state index contributed by atoms with van der Waals surface area (Å²) in [7, 11) is 1.15. The number of ether oxygens (including phenoxy) is 2. The van der Waals surface area contributed by atoms with Gasteiger partial charge >= 0.3 is 11.9 Å². The van der Waals surface area contributed by atoms with Crippen LogP contribution >= 0.6 is 7.82 Å². The Labute approximate surface area is 464 Å². The summed E-state index contributed by atoms with van der Waals surface area (Å²) in [5.74, 6) is -0.850. The maximum Gasteiger partial charge on any atom is 0.306 e. The number of nitrogens with zero attached hydrogens (tertiary/aromatic N) is 1. The van der Waals surface area contributed by atoms with Gasteiger partial charge in [-0.1, -0.05) is 287 Å². The van der Waals surface area contributed by atoms with Crippen LogP contribution in [0, 0.1) is 0 Å². The molecule has 0 fully saturated rings. The molecule has 0 saturated carbocycles. The molecule has 0 aromatic heterocycles. The number of esters is 2. The average Bonchev–Trinajstić information content (AvgIpc) is 3.37. The van der Waals surface area contributed by atoms with E-state index in [1.54, 1.807) is 0 Å². The Balaban J connectivity index is 3.97. The Bertz CT molecular complexity index is 1410. The zero-order valence-corrected chi connectivity index (χ0v) is 50.9. The number of hydrogen-bond donors (Lipinski definition) is 0. The molecule has 0 N–H and O–H groups in total.